The van der Waals surface area contributed by atoms with Gasteiger partial charge in [-0.2, -0.15) is 0 Å². The van der Waals surface area contributed by atoms with Crippen LogP contribution < -0.4 is 0 Å². The molecule has 4 aromatic carbocycles. The van der Waals surface area contributed by atoms with E-state index in [9.17, 15) is 0 Å². The molecule has 0 heteroatoms. The van der Waals surface area contributed by atoms with E-state index >= 15 is 0 Å². The molecule has 0 saturated heterocycles. The van der Waals surface area contributed by atoms with Crippen LogP contribution in [-0.4, -0.2) is 0 Å². The monoisotopic (exact) mass is 530 g/mol. The first-order valence-corrected chi connectivity index (χ1v) is 15.8. The summed E-state index contributed by atoms with van der Waals surface area (Å²) >= 11 is 0. The Morgan fingerprint density at radius 3 is 1.38 bits per heavy atom. The number of hydrogen-bond acceptors (Lipinski definition) is 0. The molecule has 0 aliphatic heterocycles. The van der Waals surface area contributed by atoms with Crippen LogP contribution in [-0.2, 0) is 23.7 Å². The largest absolute Gasteiger partial charge is 0.0654 e. The quantitative estimate of drug-likeness (QED) is 0.134. The van der Waals surface area contributed by atoms with Crippen LogP contribution in [0.25, 0.3) is 0 Å². The number of benzene rings is 4. The highest BCUT2D eigenvalue weighted by molar-refractivity contribution is 5.48. The van der Waals surface area contributed by atoms with Crippen molar-refractivity contribution in [1.82, 2.24) is 0 Å². The minimum atomic E-state index is -0.0644. The maximum Gasteiger partial charge on any atom is 0.00959 e. The SMILES string of the molecule is CCCCCCCCC(Cc1ccccc1)(c1ccccc1C)C(CC)(Cc1ccccc1)c1ccccc1C. The highest BCUT2D eigenvalue weighted by atomic mass is 14.5. The molecule has 0 amide bonds. The summed E-state index contributed by atoms with van der Waals surface area (Å²) in [5.74, 6) is 0. The fraction of sp³-hybridized carbons (Fsp3) is 0.400. The maximum absolute atomic E-state index is 2.46. The van der Waals surface area contributed by atoms with E-state index in [2.05, 4.69) is 137 Å². The summed E-state index contributed by atoms with van der Waals surface area (Å²) in [7, 11) is 0. The van der Waals surface area contributed by atoms with E-state index in [1.165, 1.54) is 78.3 Å². The summed E-state index contributed by atoms with van der Waals surface area (Å²) in [6, 6.07) is 41.2. The second-order valence-corrected chi connectivity index (χ2v) is 12.0. The Labute approximate surface area is 244 Å². The molecular weight excluding hydrogens is 480 g/mol. The van der Waals surface area contributed by atoms with Gasteiger partial charge in [-0.15, -0.1) is 0 Å². The first-order chi connectivity index (χ1) is 19.6. The molecule has 0 saturated carbocycles. The van der Waals surface area contributed by atoms with Crippen LogP contribution in [0, 0.1) is 13.8 Å². The number of hydrogen-bond donors (Lipinski definition) is 0. The lowest BCUT2D eigenvalue weighted by atomic mass is 9.49. The molecule has 0 aliphatic rings. The van der Waals surface area contributed by atoms with Gasteiger partial charge in [-0.1, -0.05) is 162 Å². The Hall–Kier alpha value is -3.12. The van der Waals surface area contributed by atoms with Crippen molar-refractivity contribution in [2.75, 3.05) is 0 Å². The van der Waals surface area contributed by atoms with Gasteiger partial charge in [0.25, 0.3) is 0 Å². The average Bonchev–Trinajstić information content (AvgIpc) is 2.99. The van der Waals surface area contributed by atoms with Gasteiger partial charge in [-0.25, -0.2) is 0 Å². The first-order valence-electron chi connectivity index (χ1n) is 15.8. The molecule has 0 heterocycles. The molecule has 40 heavy (non-hydrogen) atoms. The summed E-state index contributed by atoms with van der Waals surface area (Å²) in [5.41, 5.74) is 8.64. The topological polar surface area (TPSA) is 0 Å². The molecule has 0 aliphatic carbocycles. The third-order valence-corrected chi connectivity index (χ3v) is 9.50. The highest BCUT2D eigenvalue weighted by Crippen LogP contribution is 2.55. The minimum absolute atomic E-state index is 0.0544. The maximum atomic E-state index is 2.46. The van der Waals surface area contributed by atoms with Crippen molar-refractivity contribution in [3.05, 3.63) is 143 Å². The number of rotatable bonds is 15. The van der Waals surface area contributed by atoms with Gasteiger partial charge in [-0.05, 0) is 72.9 Å². The van der Waals surface area contributed by atoms with Crippen molar-refractivity contribution in [2.24, 2.45) is 0 Å². The van der Waals surface area contributed by atoms with E-state index in [1.807, 2.05) is 0 Å². The standard InChI is InChI=1S/C40H50/c1-5-7-8-9-10-21-30-40(32-36-26-15-12-16-27-36,38-29-20-18-23-34(38)4)39(6-2,31-35-24-13-11-14-25-35)37-28-19-17-22-33(37)3/h11-20,22-29H,5-10,21,30-32H2,1-4H3. The molecular formula is C40H50. The summed E-state index contributed by atoms with van der Waals surface area (Å²) in [5, 5.41) is 0. The zero-order valence-electron chi connectivity index (χ0n) is 25.5. The van der Waals surface area contributed by atoms with Crippen LogP contribution in [0.15, 0.2) is 109 Å². The number of aryl methyl sites for hydroxylation is 2. The summed E-state index contributed by atoms with van der Waals surface area (Å²) in [6.45, 7) is 9.44. The van der Waals surface area contributed by atoms with Crippen LogP contribution in [0.4, 0.5) is 0 Å². The molecule has 2 unspecified atom stereocenters. The molecule has 0 N–H and O–H groups in total. The highest BCUT2D eigenvalue weighted by Gasteiger charge is 2.52. The van der Waals surface area contributed by atoms with Crippen molar-refractivity contribution in [3.8, 4) is 0 Å². The van der Waals surface area contributed by atoms with E-state index in [-0.39, 0.29) is 10.8 Å². The van der Waals surface area contributed by atoms with Gasteiger partial charge in [-0.3, -0.25) is 0 Å². The van der Waals surface area contributed by atoms with Crippen molar-refractivity contribution in [1.29, 1.82) is 0 Å². The van der Waals surface area contributed by atoms with Crippen LogP contribution >= 0.6 is 0 Å². The van der Waals surface area contributed by atoms with Gasteiger partial charge in [0.15, 0.2) is 0 Å². The van der Waals surface area contributed by atoms with Crippen LogP contribution in [0.2, 0.25) is 0 Å². The van der Waals surface area contributed by atoms with E-state index in [1.54, 1.807) is 0 Å². The Morgan fingerprint density at radius 2 is 0.875 bits per heavy atom. The predicted octanol–water partition coefficient (Wildman–Crippen LogP) is 11.1. The summed E-state index contributed by atoms with van der Waals surface area (Å²) < 4.78 is 0. The van der Waals surface area contributed by atoms with Gasteiger partial charge in [0.1, 0.15) is 0 Å². The molecule has 0 fully saturated rings. The lowest BCUT2D eigenvalue weighted by molar-refractivity contribution is 0.173. The van der Waals surface area contributed by atoms with Crippen molar-refractivity contribution < 1.29 is 0 Å². The molecule has 0 aromatic heterocycles. The zero-order chi connectivity index (χ0) is 28.3. The third-order valence-electron chi connectivity index (χ3n) is 9.50. The normalized spacial score (nSPS) is 14.4. The zero-order valence-corrected chi connectivity index (χ0v) is 25.5. The summed E-state index contributed by atoms with van der Waals surface area (Å²) in [6.07, 6.45) is 12.3. The first kappa shape index (κ1) is 29.9. The van der Waals surface area contributed by atoms with Crippen molar-refractivity contribution in [2.45, 2.75) is 103 Å². The Kier molecular flexibility index (Phi) is 10.8. The van der Waals surface area contributed by atoms with Gasteiger partial charge in [0.2, 0.25) is 0 Å². The number of unbranched alkanes of at least 4 members (excludes halogenated alkanes) is 5. The van der Waals surface area contributed by atoms with Gasteiger partial charge in [0, 0.05) is 10.8 Å². The van der Waals surface area contributed by atoms with Crippen LogP contribution in [0.3, 0.4) is 0 Å². The van der Waals surface area contributed by atoms with Gasteiger partial charge in [0.05, 0.1) is 0 Å². The molecule has 2 atom stereocenters. The fourth-order valence-corrected chi connectivity index (χ4v) is 7.48. The minimum Gasteiger partial charge on any atom is -0.0654 e. The predicted molar refractivity (Wildman–Crippen MR) is 174 cm³/mol. The smallest absolute Gasteiger partial charge is 0.00959 e. The second-order valence-electron chi connectivity index (χ2n) is 12.0. The molecule has 4 aromatic rings. The Balaban J connectivity index is 1.98. The third kappa shape index (κ3) is 6.60. The van der Waals surface area contributed by atoms with Gasteiger partial charge < -0.3 is 0 Å². The lowest BCUT2D eigenvalue weighted by Crippen LogP contribution is -2.53. The van der Waals surface area contributed by atoms with Crippen molar-refractivity contribution >= 4 is 0 Å². The lowest BCUT2D eigenvalue weighted by Gasteiger charge is -2.54. The molecule has 210 valence electrons. The van der Waals surface area contributed by atoms with Crippen molar-refractivity contribution in [3.63, 3.8) is 0 Å². The molecule has 0 nitrogen and oxygen atoms in total. The van der Waals surface area contributed by atoms with Crippen LogP contribution in [0.5, 0.6) is 0 Å². The summed E-state index contributed by atoms with van der Waals surface area (Å²) in [4.78, 5) is 0. The van der Waals surface area contributed by atoms with E-state index in [0.29, 0.717) is 0 Å². The fourth-order valence-electron chi connectivity index (χ4n) is 7.48. The van der Waals surface area contributed by atoms with E-state index in [4.69, 9.17) is 0 Å². The Morgan fingerprint density at radius 1 is 0.450 bits per heavy atom. The second kappa shape index (κ2) is 14.5. The molecule has 4 rings (SSSR count). The molecule has 0 bridgehead atoms. The van der Waals surface area contributed by atoms with Crippen LogP contribution in [0.1, 0.15) is 98.6 Å². The Bertz CT molecular complexity index is 1290. The molecule has 0 spiro atoms. The average molecular weight is 531 g/mol. The van der Waals surface area contributed by atoms with E-state index < -0.39 is 0 Å². The molecule has 0 radical (unpaired) electrons. The van der Waals surface area contributed by atoms with E-state index in [0.717, 1.165) is 19.3 Å². The van der Waals surface area contributed by atoms with Gasteiger partial charge >= 0.3 is 0 Å².